The van der Waals surface area contributed by atoms with Gasteiger partial charge in [-0.25, -0.2) is 0 Å². The van der Waals surface area contributed by atoms with Crippen LogP contribution in [-0.4, -0.2) is 6.54 Å². The maximum absolute atomic E-state index is 3.47. The quantitative estimate of drug-likeness (QED) is 0.825. The Morgan fingerprint density at radius 3 is 3.00 bits per heavy atom. The summed E-state index contributed by atoms with van der Waals surface area (Å²) in [6.45, 7) is 4.11. The highest BCUT2D eigenvalue weighted by molar-refractivity contribution is 9.11. The molecule has 1 aromatic rings. The zero-order valence-electron chi connectivity index (χ0n) is 5.86. The van der Waals surface area contributed by atoms with E-state index in [4.69, 9.17) is 0 Å². The number of thiophene rings is 1. The monoisotopic (exact) mass is 219 g/mol. The molecule has 0 aliphatic rings. The third-order valence-corrected chi connectivity index (χ3v) is 3.07. The van der Waals surface area contributed by atoms with Gasteiger partial charge in [-0.15, -0.1) is 11.3 Å². The summed E-state index contributed by atoms with van der Waals surface area (Å²) in [6, 6.07) is 2.14. The predicted molar refractivity (Wildman–Crippen MR) is 49.4 cm³/mol. The number of hydrogen-bond acceptors (Lipinski definition) is 2. The normalized spacial score (nSPS) is 10.2. The summed E-state index contributed by atoms with van der Waals surface area (Å²) in [5.41, 5.74) is 1.35. The van der Waals surface area contributed by atoms with Gasteiger partial charge in [0.1, 0.15) is 0 Å². The maximum atomic E-state index is 3.47. The molecule has 0 atom stereocenters. The molecule has 0 unspecified atom stereocenters. The lowest BCUT2D eigenvalue weighted by Gasteiger charge is -1.97. The minimum atomic E-state index is 0.973. The largest absolute Gasteiger partial charge is 0.313 e. The Kier molecular flexibility index (Phi) is 3.39. The van der Waals surface area contributed by atoms with Gasteiger partial charge in [0.15, 0.2) is 0 Å². The molecule has 0 aliphatic carbocycles. The summed E-state index contributed by atoms with van der Waals surface area (Å²) in [4.78, 5) is 0. The molecule has 0 saturated heterocycles. The number of rotatable bonds is 3. The van der Waals surface area contributed by atoms with E-state index >= 15 is 0 Å². The highest BCUT2D eigenvalue weighted by Gasteiger charge is 1.97. The zero-order valence-corrected chi connectivity index (χ0v) is 8.26. The van der Waals surface area contributed by atoms with Crippen molar-refractivity contribution in [3.05, 3.63) is 20.8 Å². The molecule has 56 valence electrons. The summed E-state index contributed by atoms with van der Waals surface area (Å²) in [5.74, 6) is 0. The van der Waals surface area contributed by atoms with Crippen molar-refractivity contribution in [2.75, 3.05) is 6.54 Å². The van der Waals surface area contributed by atoms with Crippen LogP contribution in [0.15, 0.2) is 15.2 Å². The lowest BCUT2D eigenvalue weighted by atomic mass is 10.3. The molecule has 0 aliphatic heterocycles. The fourth-order valence-corrected chi connectivity index (χ4v) is 1.94. The van der Waals surface area contributed by atoms with Crippen LogP contribution < -0.4 is 5.32 Å². The Morgan fingerprint density at radius 2 is 2.50 bits per heavy atom. The SMILES string of the molecule is CCNCc1ccsc1Br. The molecule has 0 bridgehead atoms. The fourth-order valence-electron chi connectivity index (χ4n) is 0.705. The molecular formula is C7H10BrNS. The Morgan fingerprint density at radius 1 is 1.70 bits per heavy atom. The molecule has 1 N–H and O–H groups in total. The van der Waals surface area contributed by atoms with E-state index in [1.807, 2.05) is 0 Å². The smallest absolute Gasteiger partial charge is 0.0743 e. The Hall–Kier alpha value is 0.140. The van der Waals surface area contributed by atoms with E-state index in [-0.39, 0.29) is 0 Å². The summed E-state index contributed by atoms with van der Waals surface area (Å²) >= 11 is 5.21. The van der Waals surface area contributed by atoms with Crippen molar-refractivity contribution in [1.82, 2.24) is 5.32 Å². The van der Waals surface area contributed by atoms with Crippen LogP contribution in [0, 0.1) is 0 Å². The minimum Gasteiger partial charge on any atom is -0.313 e. The van der Waals surface area contributed by atoms with Crippen LogP contribution in [0.4, 0.5) is 0 Å². The first-order valence-corrected chi connectivity index (χ1v) is 4.94. The summed E-state index contributed by atoms with van der Waals surface area (Å²) < 4.78 is 1.24. The molecule has 0 saturated carbocycles. The maximum Gasteiger partial charge on any atom is 0.0743 e. The van der Waals surface area contributed by atoms with Crippen molar-refractivity contribution in [2.45, 2.75) is 13.5 Å². The van der Waals surface area contributed by atoms with Gasteiger partial charge in [0.25, 0.3) is 0 Å². The second kappa shape index (κ2) is 4.11. The first-order valence-electron chi connectivity index (χ1n) is 3.27. The summed E-state index contributed by atoms with van der Waals surface area (Å²) in [7, 11) is 0. The lowest BCUT2D eigenvalue weighted by Crippen LogP contribution is -2.11. The second-order valence-corrected chi connectivity index (χ2v) is 4.23. The van der Waals surface area contributed by atoms with E-state index in [1.165, 1.54) is 9.35 Å². The second-order valence-electron chi connectivity index (χ2n) is 2.00. The third kappa shape index (κ3) is 2.08. The van der Waals surface area contributed by atoms with Gasteiger partial charge in [-0.05, 0) is 39.5 Å². The van der Waals surface area contributed by atoms with Gasteiger partial charge < -0.3 is 5.32 Å². The van der Waals surface area contributed by atoms with Crippen LogP contribution in [0.5, 0.6) is 0 Å². The summed E-state index contributed by atoms with van der Waals surface area (Å²) in [6.07, 6.45) is 0. The standard InChI is InChI=1S/C7H10BrNS/c1-2-9-5-6-3-4-10-7(6)8/h3-4,9H,2,5H2,1H3. The average Bonchev–Trinajstić information content (AvgIpc) is 2.31. The number of halogens is 1. The van der Waals surface area contributed by atoms with E-state index in [9.17, 15) is 0 Å². The van der Waals surface area contributed by atoms with Gasteiger partial charge in [-0.3, -0.25) is 0 Å². The summed E-state index contributed by atoms with van der Waals surface area (Å²) in [5, 5.41) is 5.36. The Balaban J connectivity index is 2.49. The Labute approximate surface area is 73.6 Å². The van der Waals surface area contributed by atoms with Crippen LogP contribution in [-0.2, 0) is 6.54 Å². The molecule has 1 aromatic heterocycles. The zero-order chi connectivity index (χ0) is 7.40. The molecule has 0 aromatic carbocycles. The molecule has 10 heavy (non-hydrogen) atoms. The highest BCUT2D eigenvalue weighted by atomic mass is 79.9. The predicted octanol–water partition coefficient (Wildman–Crippen LogP) is 2.62. The first-order chi connectivity index (χ1) is 4.84. The molecular weight excluding hydrogens is 210 g/mol. The number of nitrogens with one attached hydrogen (secondary N) is 1. The third-order valence-electron chi connectivity index (χ3n) is 1.26. The lowest BCUT2D eigenvalue weighted by molar-refractivity contribution is 0.727. The van der Waals surface area contributed by atoms with E-state index < -0.39 is 0 Å². The van der Waals surface area contributed by atoms with E-state index in [1.54, 1.807) is 11.3 Å². The van der Waals surface area contributed by atoms with Gasteiger partial charge in [-0.1, -0.05) is 6.92 Å². The molecule has 0 spiro atoms. The van der Waals surface area contributed by atoms with Gasteiger partial charge in [0.2, 0.25) is 0 Å². The van der Waals surface area contributed by atoms with Crippen LogP contribution in [0.3, 0.4) is 0 Å². The van der Waals surface area contributed by atoms with E-state index in [0.29, 0.717) is 0 Å². The van der Waals surface area contributed by atoms with Crippen molar-refractivity contribution in [1.29, 1.82) is 0 Å². The van der Waals surface area contributed by atoms with Crippen LogP contribution in [0.2, 0.25) is 0 Å². The van der Waals surface area contributed by atoms with Gasteiger partial charge in [0.05, 0.1) is 3.79 Å². The van der Waals surface area contributed by atoms with Crippen LogP contribution in [0.25, 0.3) is 0 Å². The average molecular weight is 220 g/mol. The molecule has 1 rings (SSSR count). The minimum absolute atomic E-state index is 0.973. The molecule has 1 heterocycles. The van der Waals surface area contributed by atoms with Crippen molar-refractivity contribution in [2.24, 2.45) is 0 Å². The van der Waals surface area contributed by atoms with Gasteiger partial charge in [-0.2, -0.15) is 0 Å². The molecule has 1 nitrogen and oxygen atoms in total. The van der Waals surface area contributed by atoms with Gasteiger partial charge in [0, 0.05) is 6.54 Å². The van der Waals surface area contributed by atoms with Crippen LogP contribution >= 0.6 is 27.3 Å². The van der Waals surface area contributed by atoms with Crippen molar-refractivity contribution in [3.8, 4) is 0 Å². The van der Waals surface area contributed by atoms with E-state index in [2.05, 4.69) is 39.6 Å². The Bertz CT molecular complexity index is 197. The van der Waals surface area contributed by atoms with Crippen LogP contribution in [0.1, 0.15) is 12.5 Å². The topological polar surface area (TPSA) is 12.0 Å². The molecule has 0 radical (unpaired) electrons. The van der Waals surface area contributed by atoms with Gasteiger partial charge >= 0.3 is 0 Å². The van der Waals surface area contributed by atoms with Crippen molar-refractivity contribution >= 4 is 27.3 Å². The van der Waals surface area contributed by atoms with Crippen molar-refractivity contribution in [3.63, 3.8) is 0 Å². The molecule has 0 fully saturated rings. The van der Waals surface area contributed by atoms with Crippen molar-refractivity contribution < 1.29 is 0 Å². The molecule has 3 heteroatoms. The molecule has 0 amide bonds. The fraction of sp³-hybridized carbons (Fsp3) is 0.429. The first kappa shape index (κ1) is 8.24. The highest BCUT2D eigenvalue weighted by Crippen LogP contribution is 2.22. The number of hydrogen-bond donors (Lipinski definition) is 1. The van der Waals surface area contributed by atoms with E-state index in [0.717, 1.165) is 13.1 Å².